The highest BCUT2D eigenvalue weighted by Gasteiger charge is 2.23. The molecule has 4 rings (SSSR count). The van der Waals surface area contributed by atoms with Crippen molar-refractivity contribution in [1.82, 2.24) is 4.57 Å². The average Bonchev–Trinajstić information content (AvgIpc) is 3.25. The van der Waals surface area contributed by atoms with Gasteiger partial charge < -0.3 is 19.8 Å². The molecule has 0 spiro atoms. The zero-order chi connectivity index (χ0) is 22.8. The first-order valence-electron chi connectivity index (χ1n) is 10.3. The number of methoxy groups -OCH3 is 1. The van der Waals surface area contributed by atoms with Crippen LogP contribution >= 0.6 is 0 Å². The third-order valence-corrected chi connectivity index (χ3v) is 5.42. The van der Waals surface area contributed by atoms with E-state index >= 15 is 0 Å². The molecule has 2 N–H and O–H groups in total. The highest BCUT2D eigenvalue weighted by atomic mass is 16.5. The summed E-state index contributed by atoms with van der Waals surface area (Å²) in [5, 5.41) is 0. The van der Waals surface area contributed by atoms with Crippen molar-refractivity contribution in [3.05, 3.63) is 102 Å². The zero-order valence-corrected chi connectivity index (χ0v) is 18.7. The molecule has 162 valence electrons. The quantitative estimate of drug-likeness (QED) is 0.582. The Labute approximate surface area is 185 Å². The van der Waals surface area contributed by atoms with Crippen LogP contribution in [0.3, 0.4) is 0 Å². The molecule has 1 aliphatic rings. The molecule has 0 fully saturated rings. The summed E-state index contributed by atoms with van der Waals surface area (Å²) in [6.07, 6.45) is 8.11. The van der Waals surface area contributed by atoms with Crippen molar-refractivity contribution in [2.75, 3.05) is 7.11 Å². The second-order valence-corrected chi connectivity index (χ2v) is 7.32. The van der Waals surface area contributed by atoms with E-state index in [4.69, 9.17) is 9.53 Å². The van der Waals surface area contributed by atoms with Crippen molar-refractivity contribution in [2.45, 2.75) is 32.6 Å². The molecular weight excluding hydrogens is 384 g/mol. The van der Waals surface area contributed by atoms with Crippen molar-refractivity contribution in [1.29, 1.82) is 0 Å². The third kappa shape index (κ3) is 5.54. The summed E-state index contributed by atoms with van der Waals surface area (Å²) < 4.78 is 7.63. The maximum Gasteiger partial charge on any atom is 0.119 e. The number of allylic oxidation sites excluding steroid dienone is 2. The second kappa shape index (κ2) is 11.6. The summed E-state index contributed by atoms with van der Waals surface area (Å²) in [5.74, 6) is 1.26. The Morgan fingerprint density at radius 3 is 2.26 bits per heavy atom. The van der Waals surface area contributed by atoms with Crippen LogP contribution in [0.4, 0.5) is 0 Å². The zero-order valence-electron chi connectivity index (χ0n) is 18.7. The molecule has 1 aliphatic carbocycles. The predicted molar refractivity (Wildman–Crippen MR) is 130 cm³/mol. The van der Waals surface area contributed by atoms with Crippen molar-refractivity contribution in [2.24, 2.45) is 5.73 Å². The maximum absolute atomic E-state index is 8.00. The SMILES string of the molecule is C=CN.C=O.COc1ccc(-n2ccc3c2C(C(C)c2ccc(C)cc2)=CCC3)cc1. The molecule has 0 saturated heterocycles. The van der Waals surface area contributed by atoms with Gasteiger partial charge in [0.15, 0.2) is 0 Å². The number of aromatic nitrogens is 1. The summed E-state index contributed by atoms with van der Waals surface area (Å²) in [7, 11) is 1.70. The molecule has 2 aromatic carbocycles. The lowest BCUT2D eigenvalue weighted by molar-refractivity contribution is -0.0979. The molecule has 0 aliphatic heterocycles. The van der Waals surface area contributed by atoms with Crippen LogP contribution in [0.2, 0.25) is 0 Å². The number of nitrogens with zero attached hydrogens (tertiary/aromatic N) is 1. The minimum atomic E-state index is 0.376. The van der Waals surface area contributed by atoms with Crippen LogP contribution in [-0.4, -0.2) is 18.5 Å². The van der Waals surface area contributed by atoms with Crippen LogP contribution in [0.1, 0.15) is 41.6 Å². The summed E-state index contributed by atoms with van der Waals surface area (Å²) >= 11 is 0. The second-order valence-electron chi connectivity index (χ2n) is 7.32. The van der Waals surface area contributed by atoms with Gasteiger partial charge in [-0.3, -0.25) is 0 Å². The molecule has 0 saturated carbocycles. The molecule has 1 aromatic heterocycles. The molecule has 0 amide bonds. The summed E-state index contributed by atoms with van der Waals surface area (Å²) in [6.45, 7) is 9.60. The fourth-order valence-corrected chi connectivity index (χ4v) is 3.85. The van der Waals surface area contributed by atoms with Gasteiger partial charge in [0, 0.05) is 17.8 Å². The number of aryl methyl sites for hydroxylation is 2. The fraction of sp³-hybridized carbons (Fsp3) is 0.222. The van der Waals surface area contributed by atoms with Gasteiger partial charge in [0.05, 0.1) is 12.8 Å². The lowest BCUT2D eigenvalue weighted by Crippen LogP contribution is -2.09. The van der Waals surface area contributed by atoms with Crippen LogP contribution in [0.5, 0.6) is 5.75 Å². The molecule has 3 aromatic rings. The topological polar surface area (TPSA) is 57.3 Å². The molecular formula is C27H32N2O2. The molecule has 1 unspecified atom stereocenters. The smallest absolute Gasteiger partial charge is 0.119 e. The van der Waals surface area contributed by atoms with Crippen molar-refractivity contribution in [3.8, 4) is 11.4 Å². The number of benzene rings is 2. The minimum absolute atomic E-state index is 0.376. The molecule has 1 heterocycles. The number of carbonyl (C=O) groups excluding carboxylic acids is 1. The Hall–Kier alpha value is -3.53. The van der Waals surface area contributed by atoms with E-state index in [1.54, 1.807) is 7.11 Å². The molecule has 4 nitrogen and oxygen atoms in total. The van der Waals surface area contributed by atoms with E-state index in [-0.39, 0.29) is 0 Å². The number of nitrogens with two attached hydrogens (primary N) is 1. The molecule has 31 heavy (non-hydrogen) atoms. The Morgan fingerprint density at radius 1 is 1.06 bits per heavy atom. The van der Waals surface area contributed by atoms with Crippen molar-refractivity contribution in [3.63, 3.8) is 0 Å². The Kier molecular flexibility index (Phi) is 8.89. The first-order chi connectivity index (χ1) is 15.1. The van der Waals surface area contributed by atoms with Gasteiger partial charge in [0.1, 0.15) is 12.5 Å². The molecule has 0 bridgehead atoms. The maximum atomic E-state index is 8.00. The van der Waals surface area contributed by atoms with Crippen LogP contribution in [0.15, 0.2) is 79.6 Å². The van der Waals surface area contributed by atoms with E-state index in [1.807, 2.05) is 18.9 Å². The first kappa shape index (κ1) is 23.7. The number of fused-ring (bicyclic) bond motifs is 1. The third-order valence-electron chi connectivity index (χ3n) is 5.42. The Morgan fingerprint density at radius 2 is 1.68 bits per heavy atom. The summed E-state index contributed by atoms with van der Waals surface area (Å²) in [6, 6.07) is 19.5. The van der Waals surface area contributed by atoms with E-state index < -0.39 is 0 Å². The highest BCUT2D eigenvalue weighted by Crippen LogP contribution is 2.39. The van der Waals surface area contributed by atoms with E-state index in [9.17, 15) is 0 Å². The summed E-state index contributed by atoms with van der Waals surface area (Å²) in [5.41, 5.74) is 12.7. The normalized spacial score (nSPS) is 12.7. The van der Waals surface area contributed by atoms with Gasteiger partial charge in [0.2, 0.25) is 0 Å². The van der Waals surface area contributed by atoms with Crippen LogP contribution in [-0.2, 0) is 11.2 Å². The lowest BCUT2D eigenvalue weighted by atomic mass is 9.85. The average molecular weight is 417 g/mol. The Balaban J connectivity index is 0.000000630. The number of carbonyl (C=O) groups is 1. The van der Waals surface area contributed by atoms with Crippen LogP contribution < -0.4 is 10.5 Å². The van der Waals surface area contributed by atoms with Gasteiger partial charge in [-0.2, -0.15) is 0 Å². The van der Waals surface area contributed by atoms with Gasteiger partial charge in [0.25, 0.3) is 0 Å². The molecule has 0 radical (unpaired) electrons. The minimum Gasteiger partial charge on any atom is -0.497 e. The number of hydrogen-bond acceptors (Lipinski definition) is 3. The summed E-state index contributed by atoms with van der Waals surface area (Å²) in [4.78, 5) is 8.00. The predicted octanol–water partition coefficient (Wildman–Crippen LogP) is 5.83. The Bertz CT molecular complexity index is 999. The van der Waals surface area contributed by atoms with E-state index in [2.05, 4.69) is 85.5 Å². The van der Waals surface area contributed by atoms with Crippen molar-refractivity contribution < 1.29 is 9.53 Å². The fourth-order valence-electron chi connectivity index (χ4n) is 3.85. The van der Waals surface area contributed by atoms with Crippen LogP contribution in [0, 0.1) is 6.92 Å². The monoisotopic (exact) mass is 416 g/mol. The standard InChI is InChI=1S/C24H25NO.C2H5N.CH2O/c1-17-7-9-19(10-8-17)18(2)23-6-4-5-20-15-16-25(24(20)23)21-11-13-22(26-3)14-12-21;1-2-3;1-2/h6-16,18H,4-5H2,1-3H3;2H,1,3H2;1H2. The van der Waals surface area contributed by atoms with Gasteiger partial charge in [-0.25, -0.2) is 0 Å². The molecule has 4 heteroatoms. The van der Waals surface area contributed by atoms with E-state index in [0.717, 1.165) is 18.6 Å². The number of ether oxygens (including phenoxy) is 1. The van der Waals surface area contributed by atoms with Gasteiger partial charge in [-0.1, -0.05) is 49.4 Å². The van der Waals surface area contributed by atoms with Crippen LogP contribution in [0.25, 0.3) is 11.3 Å². The van der Waals surface area contributed by atoms with Crippen molar-refractivity contribution >= 4 is 12.4 Å². The van der Waals surface area contributed by atoms with Gasteiger partial charge in [-0.05, 0) is 73.0 Å². The first-order valence-corrected chi connectivity index (χ1v) is 10.3. The lowest BCUT2D eigenvalue weighted by Gasteiger charge is -2.24. The number of hydrogen-bond donors (Lipinski definition) is 1. The number of rotatable bonds is 4. The van der Waals surface area contributed by atoms with E-state index in [0.29, 0.717) is 5.92 Å². The van der Waals surface area contributed by atoms with Gasteiger partial charge in [-0.15, -0.1) is 0 Å². The molecule has 1 atom stereocenters. The largest absolute Gasteiger partial charge is 0.497 e. The van der Waals surface area contributed by atoms with Gasteiger partial charge >= 0.3 is 0 Å². The highest BCUT2D eigenvalue weighted by molar-refractivity contribution is 5.74. The van der Waals surface area contributed by atoms with E-state index in [1.165, 1.54) is 39.8 Å².